The number of ketones is 1. The molecule has 0 radical (unpaired) electrons. The molecule has 172 valence electrons. The molecule has 7 nitrogen and oxygen atoms in total. The third-order valence-electron chi connectivity index (χ3n) is 5.99. The predicted molar refractivity (Wildman–Crippen MR) is 123 cm³/mol. The van der Waals surface area contributed by atoms with Gasteiger partial charge in [0.2, 0.25) is 5.91 Å². The van der Waals surface area contributed by atoms with Crippen LogP contribution in [0.5, 0.6) is 0 Å². The van der Waals surface area contributed by atoms with Crippen molar-refractivity contribution in [2.75, 3.05) is 32.8 Å². The summed E-state index contributed by atoms with van der Waals surface area (Å²) >= 11 is 0. The van der Waals surface area contributed by atoms with Gasteiger partial charge in [-0.05, 0) is 37.1 Å². The zero-order valence-corrected chi connectivity index (χ0v) is 18.7. The molecule has 1 saturated heterocycles. The van der Waals surface area contributed by atoms with Gasteiger partial charge in [-0.15, -0.1) is 0 Å². The van der Waals surface area contributed by atoms with Crippen LogP contribution in [0.4, 0.5) is 0 Å². The Kier molecular flexibility index (Phi) is 9.78. The van der Waals surface area contributed by atoms with E-state index in [4.69, 9.17) is 5.11 Å². The van der Waals surface area contributed by atoms with Crippen molar-refractivity contribution in [2.24, 2.45) is 0 Å². The number of carbonyl (C=O) groups excluding carboxylic acids is 2. The molecular formula is C25H34N4O3. The fourth-order valence-corrected chi connectivity index (χ4v) is 4.20. The molecule has 7 heteroatoms. The summed E-state index contributed by atoms with van der Waals surface area (Å²) < 4.78 is 0. The van der Waals surface area contributed by atoms with Gasteiger partial charge >= 0.3 is 0 Å². The minimum Gasteiger partial charge on any atom is -0.389 e. The number of aliphatic hydroxyl groups is 1. The lowest BCUT2D eigenvalue weighted by Gasteiger charge is -2.39. The minimum absolute atomic E-state index is 0.00707. The van der Waals surface area contributed by atoms with Crippen LogP contribution in [-0.4, -0.2) is 69.4 Å². The number of unbranched alkanes of at least 4 members (excludes halogenated alkanes) is 4. The highest BCUT2D eigenvalue weighted by Crippen LogP contribution is 2.27. The third-order valence-corrected chi connectivity index (χ3v) is 5.99. The van der Waals surface area contributed by atoms with Gasteiger partial charge in [0.15, 0.2) is 5.78 Å². The molecule has 1 aliphatic rings. The van der Waals surface area contributed by atoms with Crippen molar-refractivity contribution in [2.45, 2.75) is 51.0 Å². The Hall–Kier alpha value is -2.64. The summed E-state index contributed by atoms with van der Waals surface area (Å²) in [6, 6.07) is 11.9. The second kappa shape index (κ2) is 13.0. The summed E-state index contributed by atoms with van der Waals surface area (Å²) in [5.74, 6) is 0.139. The Balaban J connectivity index is 1.43. The van der Waals surface area contributed by atoms with Crippen LogP contribution in [0.15, 0.2) is 48.8 Å². The van der Waals surface area contributed by atoms with Crippen molar-refractivity contribution in [3.8, 4) is 0 Å². The number of nitrogens with zero attached hydrogens (tertiary/aromatic N) is 4. The van der Waals surface area contributed by atoms with Gasteiger partial charge in [0.05, 0.1) is 17.4 Å². The van der Waals surface area contributed by atoms with Crippen molar-refractivity contribution >= 4 is 11.7 Å². The van der Waals surface area contributed by atoms with Gasteiger partial charge in [-0.2, -0.15) is 0 Å². The normalized spacial score (nSPS) is 14.6. The molecule has 2 aromatic heterocycles. The lowest BCUT2D eigenvalue weighted by Crippen LogP contribution is -2.50. The van der Waals surface area contributed by atoms with Crippen LogP contribution in [0.2, 0.25) is 0 Å². The number of rotatable bonds is 12. The SMILES string of the molecule is O=C(CO)CCCCCCCC(=O)N1CCN(C(c2ccccn2)c2ccccn2)CC1. The Morgan fingerprint density at radius 2 is 1.38 bits per heavy atom. The summed E-state index contributed by atoms with van der Waals surface area (Å²) in [7, 11) is 0. The van der Waals surface area contributed by atoms with E-state index < -0.39 is 0 Å². The maximum absolute atomic E-state index is 12.6. The van der Waals surface area contributed by atoms with Crippen molar-refractivity contribution in [1.29, 1.82) is 0 Å². The first-order chi connectivity index (χ1) is 15.7. The highest BCUT2D eigenvalue weighted by molar-refractivity contribution is 5.79. The molecule has 0 spiro atoms. The molecule has 32 heavy (non-hydrogen) atoms. The number of piperazine rings is 1. The van der Waals surface area contributed by atoms with E-state index in [0.29, 0.717) is 12.8 Å². The molecule has 1 N–H and O–H groups in total. The molecule has 0 bridgehead atoms. The number of carbonyl (C=O) groups is 2. The van der Waals surface area contributed by atoms with Gasteiger partial charge in [0, 0.05) is 51.4 Å². The van der Waals surface area contributed by atoms with Crippen LogP contribution in [-0.2, 0) is 9.59 Å². The van der Waals surface area contributed by atoms with E-state index in [-0.39, 0.29) is 24.3 Å². The summed E-state index contributed by atoms with van der Waals surface area (Å²) in [6.45, 7) is 2.67. The standard InChI is InChI=1S/C25H34N4O3/c30-20-21(31)10-4-2-1-3-5-13-24(32)28-16-18-29(19-17-28)25(22-11-6-8-14-26-22)23-12-7-9-15-27-23/h6-9,11-12,14-15,25,30H,1-5,10,13,16-20H2. The maximum atomic E-state index is 12.6. The van der Waals surface area contributed by atoms with Crippen LogP contribution in [0.1, 0.15) is 62.4 Å². The number of aliphatic hydroxyl groups excluding tert-OH is 1. The van der Waals surface area contributed by atoms with Crippen molar-refractivity contribution < 1.29 is 14.7 Å². The molecule has 1 amide bonds. The molecule has 0 saturated carbocycles. The molecule has 0 aliphatic carbocycles. The fraction of sp³-hybridized carbons (Fsp3) is 0.520. The lowest BCUT2D eigenvalue weighted by atomic mass is 10.0. The topological polar surface area (TPSA) is 86.6 Å². The van der Waals surface area contributed by atoms with Crippen molar-refractivity contribution in [3.05, 3.63) is 60.2 Å². The number of pyridine rings is 2. The first-order valence-corrected chi connectivity index (χ1v) is 11.7. The number of hydrogen-bond acceptors (Lipinski definition) is 6. The zero-order chi connectivity index (χ0) is 22.6. The summed E-state index contributed by atoms with van der Waals surface area (Å²) in [5.41, 5.74) is 1.96. The highest BCUT2D eigenvalue weighted by atomic mass is 16.3. The molecule has 0 atom stereocenters. The fourth-order valence-electron chi connectivity index (χ4n) is 4.20. The van der Waals surface area contributed by atoms with E-state index in [1.54, 1.807) is 0 Å². The smallest absolute Gasteiger partial charge is 0.222 e. The summed E-state index contributed by atoms with van der Waals surface area (Å²) in [4.78, 5) is 37.2. The van der Waals surface area contributed by atoms with Crippen LogP contribution < -0.4 is 0 Å². The Morgan fingerprint density at radius 1 is 0.812 bits per heavy atom. The number of aromatic nitrogens is 2. The van der Waals surface area contributed by atoms with E-state index >= 15 is 0 Å². The predicted octanol–water partition coefficient (Wildman–Crippen LogP) is 3.00. The van der Waals surface area contributed by atoms with Gasteiger partial charge in [-0.25, -0.2) is 0 Å². The first-order valence-electron chi connectivity index (χ1n) is 11.7. The third kappa shape index (κ3) is 7.21. The first kappa shape index (κ1) is 24.0. The number of hydrogen-bond donors (Lipinski definition) is 1. The molecule has 2 aromatic rings. The molecule has 3 heterocycles. The van der Waals surface area contributed by atoms with E-state index in [2.05, 4.69) is 14.9 Å². The van der Waals surface area contributed by atoms with Gasteiger partial charge < -0.3 is 10.0 Å². The average molecular weight is 439 g/mol. The second-order valence-electron chi connectivity index (χ2n) is 8.29. The minimum atomic E-state index is -0.355. The van der Waals surface area contributed by atoms with Gasteiger partial charge in [0.1, 0.15) is 6.61 Å². The molecule has 0 unspecified atom stereocenters. The second-order valence-corrected chi connectivity index (χ2v) is 8.29. The summed E-state index contributed by atoms with van der Waals surface area (Å²) in [6.07, 6.45) is 9.37. The van der Waals surface area contributed by atoms with Gasteiger partial charge in [0.25, 0.3) is 0 Å². The lowest BCUT2D eigenvalue weighted by molar-refractivity contribution is -0.133. The van der Waals surface area contributed by atoms with Crippen LogP contribution in [0, 0.1) is 0 Å². The zero-order valence-electron chi connectivity index (χ0n) is 18.7. The van der Waals surface area contributed by atoms with Crippen LogP contribution in [0.25, 0.3) is 0 Å². The van der Waals surface area contributed by atoms with Crippen LogP contribution in [0.3, 0.4) is 0 Å². The van der Waals surface area contributed by atoms with Crippen LogP contribution >= 0.6 is 0 Å². The van der Waals surface area contributed by atoms with E-state index in [1.807, 2.05) is 53.7 Å². The van der Waals surface area contributed by atoms with Gasteiger partial charge in [-0.3, -0.25) is 24.5 Å². The average Bonchev–Trinajstić information content (AvgIpc) is 2.85. The molecule has 1 fully saturated rings. The summed E-state index contributed by atoms with van der Waals surface area (Å²) in [5, 5.41) is 8.72. The van der Waals surface area contributed by atoms with E-state index in [1.165, 1.54) is 0 Å². The Labute approximate surface area is 190 Å². The van der Waals surface area contributed by atoms with Gasteiger partial charge in [-0.1, -0.05) is 31.4 Å². The Bertz CT molecular complexity index is 784. The number of Topliss-reactive ketones (excluding diaryl/α,β-unsaturated/α-hetero) is 1. The Morgan fingerprint density at radius 3 is 1.91 bits per heavy atom. The molecule has 3 rings (SSSR count). The molecule has 0 aromatic carbocycles. The van der Waals surface area contributed by atoms with E-state index in [0.717, 1.165) is 69.7 Å². The quantitative estimate of drug-likeness (QED) is 0.513. The van der Waals surface area contributed by atoms with Crippen molar-refractivity contribution in [3.63, 3.8) is 0 Å². The molecular weight excluding hydrogens is 404 g/mol. The molecule has 1 aliphatic heterocycles. The maximum Gasteiger partial charge on any atom is 0.222 e. The number of amides is 1. The monoisotopic (exact) mass is 438 g/mol. The highest BCUT2D eigenvalue weighted by Gasteiger charge is 2.29. The van der Waals surface area contributed by atoms with Crippen molar-refractivity contribution in [1.82, 2.24) is 19.8 Å². The largest absolute Gasteiger partial charge is 0.389 e. The van der Waals surface area contributed by atoms with E-state index in [9.17, 15) is 9.59 Å².